The minimum absolute atomic E-state index is 0. The van der Waals surface area contributed by atoms with Gasteiger partial charge in [-0.25, -0.2) is 0 Å². The van der Waals surface area contributed by atoms with Crippen molar-refractivity contribution in [2.24, 2.45) is 0 Å². The van der Waals surface area contributed by atoms with Crippen LogP contribution in [0.25, 0.3) is 0 Å². The number of hydrogen-bond donors (Lipinski definition) is 0. The first-order chi connectivity index (χ1) is 23.7. The van der Waals surface area contributed by atoms with Crippen LogP contribution in [-0.4, -0.2) is 86.9 Å². The van der Waals surface area contributed by atoms with Crippen LogP contribution < -0.4 is 30.6 Å². The molecule has 0 saturated heterocycles. The summed E-state index contributed by atoms with van der Waals surface area (Å²) < 4.78 is 0. The third-order valence-electron chi connectivity index (χ3n) is 5.67. The standard InChI is InChI=1S/3C8H16O2.3C5H8O2.2In/c3*1-2-3-4-5-6-7-8(9)10;3*1-4(6)3-5(2)7;;/h3*2-7H2,1H3,(H,9,10);3*3,6H,1-2H3;;/q;;;;;;2*+3/p-6/b;;;3*4-3-;;. The number of carbonyl (C=O) groups is 6. The van der Waals surface area contributed by atoms with E-state index in [1.54, 1.807) is 0 Å². The van der Waals surface area contributed by atoms with E-state index in [0.717, 1.165) is 76.0 Å². The van der Waals surface area contributed by atoms with Gasteiger partial charge in [0.15, 0.2) is 17.3 Å². The molecule has 12 nitrogen and oxygen atoms in total. The van der Waals surface area contributed by atoms with Gasteiger partial charge in [0.05, 0.1) is 0 Å². The molecule has 0 unspecified atom stereocenters. The van der Waals surface area contributed by atoms with Crippen LogP contribution in [0.15, 0.2) is 35.5 Å². The molecule has 0 rings (SSSR count). The van der Waals surface area contributed by atoms with E-state index in [9.17, 15) is 59.4 Å². The SMILES string of the molecule is CC(=O)/C=C(/C)[O-].CC(=O)/C=C(/C)[O-].CC(=O)/C=C(/C)[O-].CCCCCCCC(=O)[O-].CCCCCCCC(=O)[O-].CCCCCCCC(=O)[O-].[In+3].[In+3]. The summed E-state index contributed by atoms with van der Waals surface area (Å²) in [5, 5.41) is 59.7. The number of rotatable bonds is 21. The molecular weight excluding hydrogens is 890 g/mol. The van der Waals surface area contributed by atoms with Crippen LogP contribution in [0.2, 0.25) is 0 Å². The molecule has 0 heterocycles. The number of carbonyl (C=O) groups excluding carboxylic acids is 6. The van der Waals surface area contributed by atoms with Crippen molar-refractivity contribution < 1.29 is 59.4 Å². The molecule has 0 amide bonds. The molecule has 0 aliphatic rings. The van der Waals surface area contributed by atoms with Gasteiger partial charge in [0.2, 0.25) is 0 Å². The molecule has 0 aromatic heterocycles. The molecule has 0 aromatic carbocycles. The van der Waals surface area contributed by atoms with Crippen LogP contribution in [0.4, 0.5) is 0 Å². The van der Waals surface area contributed by atoms with Gasteiger partial charge < -0.3 is 45.0 Å². The van der Waals surface area contributed by atoms with Crippen LogP contribution in [-0.2, 0) is 28.8 Å². The van der Waals surface area contributed by atoms with Gasteiger partial charge in [0.1, 0.15) is 0 Å². The average molecular weight is 957 g/mol. The third-order valence-corrected chi connectivity index (χ3v) is 5.67. The Morgan fingerprint density at radius 1 is 0.340 bits per heavy atom. The van der Waals surface area contributed by atoms with Gasteiger partial charge in [0.25, 0.3) is 0 Å². The van der Waals surface area contributed by atoms with Crippen molar-refractivity contribution in [3.05, 3.63) is 35.5 Å². The molecule has 0 atom stereocenters. The van der Waals surface area contributed by atoms with Crippen molar-refractivity contribution in [2.75, 3.05) is 0 Å². The molecule has 0 aromatic rings. The Morgan fingerprint density at radius 3 is 0.604 bits per heavy atom. The Bertz CT molecular complexity index is 855. The minimum Gasteiger partial charge on any atom is -0.876 e. The van der Waals surface area contributed by atoms with Gasteiger partial charge in [-0.05, 0) is 77.5 Å². The summed E-state index contributed by atoms with van der Waals surface area (Å²) in [6.07, 6.45) is 20.0. The van der Waals surface area contributed by atoms with E-state index < -0.39 is 17.9 Å². The van der Waals surface area contributed by atoms with Crippen molar-refractivity contribution in [1.29, 1.82) is 0 Å². The van der Waals surface area contributed by atoms with Gasteiger partial charge in [-0.1, -0.05) is 119 Å². The van der Waals surface area contributed by atoms with Crippen molar-refractivity contribution in [3.8, 4) is 0 Å². The smallest absolute Gasteiger partial charge is 0.876 e. The van der Waals surface area contributed by atoms with Crippen LogP contribution in [0.1, 0.15) is 178 Å². The quantitative estimate of drug-likeness (QED) is 0.0913. The largest absolute Gasteiger partial charge is 3.00 e. The summed E-state index contributed by atoms with van der Waals surface area (Å²) in [7, 11) is 0. The van der Waals surface area contributed by atoms with Gasteiger partial charge in [-0.3, -0.25) is 14.4 Å². The van der Waals surface area contributed by atoms with E-state index in [4.69, 9.17) is 0 Å². The number of carboxylic acids is 3. The molecule has 0 bridgehead atoms. The minimum atomic E-state index is -0.920. The molecule has 0 aliphatic carbocycles. The summed E-state index contributed by atoms with van der Waals surface area (Å²) in [4.78, 5) is 59.7. The monoisotopic (exact) mass is 956 g/mol. The first-order valence-corrected chi connectivity index (χ1v) is 17.9. The molecule has 0 N–H and O–H groups in total. The predicted molar refractivity (Wildman–Crippen MR) is 200 cm³/mol. The summed E-state index contributed by atoms with van der Waals surface area (Å²) in [5.74, 6) is -3.88. The van der Waals surface area contributed by atoms with Gasteiger partial charge in [-0.15, -0.1) is 17.3 Å². The first-order valence-electron chi connectivity index (χ1n) is 17.9. The maximum atomic E-state index is 9.98. The zero-order chi connectivity index (χ0) is 41.0. The van der Waals surface area contributed by atoms with Crippen molar-refractivity contribution in [2.45, 2.75) is 178 Å². The average Bonchev–Trinajstić information content (AvgIpc) is 2.96. The summed E-state index contributed by atoms with van der Waals surface area (Å²) in [6, 6.07) is 0. The molecule has 0 saturated carbocycles. The van der Waals surface area contributed by atoms with E-state index in [1.165, 1.54) is 80.1 Å². The fraction of sp³-hybridized carbons (Fsp3) is 0.692. The summed E-state index contributed by atoms with van der Waals surface area (Å²) in [5.41, 5.74) is 0. The summed E-state index contributed by atoms with van der Waals surface area (Å²) in [6.45, 7) is 14.5. The number of hydrogen-bond acceptors (Lipinski definition) is 12. The molecule has 0 aliphatic heterocycles. The second-order valence-electron chi connectivity index (χ2n) is 11.7. The maximum absolute atomic E-state index is 9.98. The second-order valence-corrected chi connectivity index (χ2v) is 11.7. The van der Waals surface area contributed by atoms with E-state index in [2.05, 4.69) is 20.8 Å². The zero-order valence-corrected chi connectivity index (χ0v) is 40.6. The molecule has 0 radical (unpaired) electrons. The Balaban J connectivity index is -0.0000000764. The Kier molecular flexibility index (Phi) is 73.3. The van der Waals surface area contributed by atoms with Crippen LogP contribution in [0.3, 0.4) is 0 Å². The molecule has 14 heteroatoms. The molecular formula is C39H66In2O12. The van der Waals surface area contributed by atoms with Gasteiger partial charge in [0, 0.05) is 17.9 Å². The van der Waals surface area contributed by atoms with Crippen molar-refractivity contribution in [3.63, 3.8) is 0 Å². The molecule has 53 heavy (non-hydrogen) atoms. The Labute approximate surface area is 357 Å². The first kappa shape index (κ1) is 68.8. The fourth-order valence-electron chi connectivity index (χ4n) is 3.48. The Hall–Kier alpha value is -2.22. The Morgan fingerprint density at radius 2 is 0.509 bits per heavy atom. The van der Waals surface area contributed by atoms with Crippen LogP contribution in [0, 0.1) is 0 Å². The predicted octanol–water partition coefficient (Wildman–Crippen LogP) is 2.05. The maximum Gasteiger partial charge on any atom is 3.00 e. The van der Waals surface area contributed by atoms with E-state index in [1.807, 2.05) is 0 Å². The van der Waals surface area contributed by atoms with E-state index >= 15 is 0 Å². The normalized spacial score (nSPS) is 10.0. The van der Waals surface area contributed by atoms with E-state index in [-0.39, 0.29) is 106 Å². The van der Waals surface area contributed by atoms with Crippen LogP contribution in [0.5, 0.6) is 0 Å². The number of aliphatic carboxylic acids is 3. The van der Waals surface area contributed by atoms with Crippen molar-refractivity contribution in [1.82, 2.24) is 0 Å². The number of allylic oxidation sites excluding steroid dienone is 6. The number of ketones is 3. The van der Waals surface area contributed by atoms with E-state index in [0.29, 0.717) is 0 Å². The van der Waals surface area contributed by atoms with Gasteiger partial charge >= 0.3 is 51.7 Å². The number of unbranched alkanes of at least 4 members (excludes halogenated alkanes) is 12. The molecule has 300 valence electrons. The third kappa shape index (κ3) is 120. The molecule has 0 spiro atoms. The summed E-state index contributed by atoms with van der Waals surface area (Å²) >= 11 is 0. The van der Waals surface area contributed by atoms with Crippen LogP contribution >= 0.6 is 0 Å². The second kappa shape index (κ2) is 56.5. The van der Waals surface area contributed by atoms with Gasteiger partial charge in [-0.2, -0.15) is 0 Å². The number of carboxylic acid groups (broad SMARTS) is 3. The fourth-order valence-corrected chi connectivity index (χ4v) is 3.48. The molecule has 0 fully saturated rings. The zero-order valence-electron chi connectivity index (χ0n) is 34.0. The van der Waals surface area contributed by atoms with Crippen molar-refractivity contribution >= 4 is 86.9 Å². The topological polar surface area (TPSA) is 241 Å².